The maximum Gasteiger partial charge on any atom is -0.0190 e. The average molecular weight is 270 g/mol. The van der Waals surface area contributed by atoms with Gasteiger partial charge in [-0.1, -0.05) is 68.8 Å². The van der Waals surface area contributed by atoms with Gasteiger partial charge in [0.25, 0.3) is 0 Å². The van der Waals surface area contributed by atoms with E-state index in [0.717, 1.165) is 5.92 Å². The van der Waals surface area contributed by atoms with E-state index in [9.17, 15) is 0 Å². The minimum Gasteiger partial charge on any atom is -0.0950 e. The molecule has 0 radical (unpaired) electrons. The van der Waals surface area contributed by atoms with Gasteiger partial charge in [0.1, 0.15) is 0 Å². The summed E-state index contributed by atoms with van der Waals surface area (Å²) in [5.74, 6) is 1.37. The molecule has 0 spiro atoms. The smallest absolute Gasteiger partial charge is 0.0190 e. The topological polar surface area (TPSA) is 0 Å². The van der Waals surface area contributed by atoms with Gasteiger partial charge in [-0.25, -0.2) is 0 Å². The third-order valence-electron chi connectivity index (χ3n) is 4.04. The minimum absolute atomic E-state index is 0.573. The molecule has 0 fully saturated rings. The predicted octanol–water partition coefficient (Wildman–Crippen LogP) is 6.50. The van der Waals surface area contributed by atoms with Crippen molar-refractivity contribution in [2.75, 3.05) is 0 Å². The van der Waals surface area contributed by atoms with E-state index in [2.05, 4.69) is 70.7 Å². The Morgan fingerprint density at radius 3 is 2.30 bits per heavy atom. The van der Waals surface area contributed by atoms with E-state index in [1.165, 1.54) is 42.4 Å². The maximum atomic E-state index is 4.28. The molecular formula is C20H30. The first kappa shape index (κ1) is 16.8. The molecule has 110 valence electrons. The third kappa shape index (κ3) is 6.23. The van der Waals surface area contributed by atoms with Crippen molar-refractivity contribution in [3.63, 3.8) is 0 Å². The van der Waals surface area contributed by atoms with E-state index < -0.39 is 0 Å². The molecule has 0 saturated carbocycles. The highest BCUT2D eigenvalue weighted by Crippen LogP contribution is 2.27. The van der Waals surface area contributed by atoms with Gasteiger partial charge in [0, 0.05) is 0 Å². The van der Waals surface area contributed by atoms with Gasteiger partial charge in [-0.3, -0.25) is 0 Å². The fraction of sp³-hybridized carbons (Fsp3) is 0.500. The van der Waals surface area contributed by atoms with Gasteiger partial charge in [0.15, 0.2) is 0 Å². The quantitative estimate of drug-likeness (QED) is 0.473. The van der Waals surface area contributed by atoms with Crippen LogP contribution in [-0.4, -0.2) is 0 Å². The van der Waals surface area contributed by atoms with E-state index in [4.69, 9.17) is 0 Å². The summed E-state index contributed by atoms with van der Waals surface area (Å²) in [7, 11) is 0. The van der Waals surface area contributed by atoms with Crippen molar-refractivity contribution in [1.82, 2.24) is 0 Å². The molecule has 0 heteroatoms. The zero-order valence-electron chi connectivity index (χ0n) is 13.7. The number of hydrogen-bond donors (Lipinski definition) is 0. The van der Waals surface area contributed by atoms with E-state index >= 15 is 0 Å². The number of benzene rings is 1. The molecule has 1 unspecified atom stereocenters. The summed E-state index contributed by atoms with van der Waals surface area (Å²) in [4.78, 5) is 0. The summed E-state index contributed by atoms with van der Waals surface area (Å²) in [5.41, 5.74) is 4.00. The first-order chi connectivity index (χ1) is 9.50. The van der Waals surface area contributed by atoms with Crippen LogP contribution in [0, 0.1) is 11.8 Å². The lowest BCUT2D eigenvalue weighted by Gasteiger charge is -2.17. The number of rotatable bonds is 8. The van der Waals surface area contributed by atoms with Gasteiger partial charge in [-0.15, -0.1) is 0 Å². The molecule has 0 aliphatic carbocycles. The van der Waals surface area contributed by atoms with Gasteiger partial charge >= 0.3 is 0 Å². The lowest BCUT2D eigenvalue weighted by atomic mass is 9.88. The van der Waals surface area contributed by atoms with Crippen molar-refractivity contribution < 1.29 is 0 Å². The van der Waals surface area contributed by atoms with Crippen LogP contribution >= 0.6 is 0 Å². The van der Waals surface area contributed by atoms with Crippen LogP contribution in [0.25, 0.3) is 5.57 Å². The molecule has 20 heavy (non-hydrogen) atoms. The summed E-state index contributed by atoms with van der Waals surface area (Å²) in [5, 5.41) is 0. The Morgan fingerprint density at radius 1 is 1.05 bits per heavy atom. The van der Waals surface area contributed by atoms with Crippen LogP contribution in [0.1, 0.15) is 58.9 Å². The molecule has 0 N–H and O–H groups in total. The zero-order chi connectivity index (χ0) is 15.0. The Hall–Kier alpha value is -1.30. The van der Waals surface area contributed by atoms with Crippen molar-refractivity contribution in [3.8, 4) is 0 Å². The maximum absolute atomic E-state index is 4.28. The molecule has 1 rings (SSSR count). The van der Waals surface area contributed by atoms with Crippen LogP contribution in [0.15, 0.2) is 48.6 Å². The molecule has 0 aromatic heterocycles. The molecule has 0 bridgehead atoms. The van der Waals surface area contributed by atoms with Crippen molar-refractivity contribution in [2.45, 2.75) is 53.4 Å². The van der Waals surface area contributed by atoms with Crippen LogP contribution in [0.2, 0.25) is 0 Å². The Morgan fingerprint density at radius 2 is 1.70 bits per heavy atom. The molecular weight excluding hydrogens is 240 g/mol. The molecule has 1 aromatic carbocycles. The zero-order valence-corrected chi connectivity index (χ0v) is 13.7. The van der Waals surface area contributed by atoms with Crippen LogP contribution < -0.4 is 0 Å². The van der Waals surface area contributed by atoms with E-state index in [-0.39, 0.29) is 0 Å². The summed E-state index contributed by atoms with van der Waals surface area (Å²) in [6.07, 6.45) is 7.41. The number of allylic oxidation sites excluding steroid dienone is 3. The van der Waals surface area contributed by atoms with Crippen molar-refractivity contribution in [3.05, 3.63) is 54.1 Å². The third-order valence-corrected chi connectivity index (χ3v) is 4.04. The Bertz CT molecular complexity index is 421. The second kappa shape index (κ2) is 8.79. The summed E-state index contributed by atoms with van der Waals surface area (Å²) >= 11 is 0. The van der Waals surface area contributed by atoms with Crippen LogP contribution in [0.5, 0.6) is 0 Å². The Labute approximate surface area is 125 Å². The second-order valence-electron chi connectivity index (χ2n) is 6.33. The van der Waals surface area contributed by atoms with E-state index in [1.54, 1.807) is 0 Å². The molecule has 0 heterocycles. The fourth-order valence-corrected chi connectivity index (χ4v) is 2.45. The predicted molar refractivity (Wildman–Crippen MR) is 91.7 cm³/mol. The lowest BCUT2D eigenvalue weighted by molar-refractivity contribution is 0.451. The van der Waals surface area contributed by atoms with Crippen LogP contribution in [0.3, 0.4) is 0 Å². The van der Waals surface area contributed by atoms with Crippen molar-refractivity contribution in [2.24, 2.45) is 11.8 Å². The van der Waals surface area contributed by atoms with Crippen LogP contribution in [-0.2, 0) is 0 Å². The fourth-order valence-electron chi connectivity index (χ4n) is 2.45. The highest BCUT2D eigenvalue weighted by molar-refractivity contribution is 5.64. The summed E-state index contributed by atoms with van der Waals surface area (Å²) < 4.78 is 0. The van der Waals surface area contributed by atoms with Gasteiger partial charge in [-0.2, -0.15) is 0 Å². The first-order valence-corrected chi connectivity index (χ1v) is 7.88. The summed E-state index contributed by atoms with van der Waals surface area (Å²) in [6, 6.07) is 10.6. The summed E-state index contributed by atoms with van der Waals surface area (Å²) in [6.45, 7) is 13.3. The second-order valence-corrected chi connectivity index (χ2v) is 6.33. The normalized spacial score (nSPS) is 13.6. The lowest BCUT2D eigenvalue weighted by Crippen LogP contribution is -2.02. The van der Waals surface area contributed by atoms with Gasteiger partial charge < -0.3 is 0 Å². The largest absolute Gasteiger partial charge is 0.0950 e. The SMILES string of the molecule is C=C(c1ccccc1)C(C)CC[C@@H](C)CCC=C(C)C. The molecule has 0 aliphatic heterocycles. The van der Waals surface area contributed by atoms with Gasteiger partial charge in [0.05, 0.1) is 0 Å². The van der Waals surface area contributed by atoms with Crippen molar-refractivity contribution >= 4 is 5.57 Å². The first-order valence-electron chi connectivity index (χ1n) is 7.88. The average Bonchev–Trinajstić information content (AvgIpc) is 2.44. The van der Waals surface area contributed by atoms with Crippen LogP contribution in [0.4, 0.5) is 0 Å². The monoisotopic (exact) mass is 270 g/mol. The molecule has 0 saturated heterocycles. The molecule has 0 nitrogen and oxygen atoms in total. The molecule has 0 amide bonds. The molecule has 0 aliphatic rings. The number of hydrogen-bond acceptors (Lipinski definition) is 0. The Balaban J connectivity index is 2.34. The van der Waals surface area contributed by atoms with Gasteiger partial charge in [0.2, 0.25) is 0 Å². The minimum atomic E-state index is 0.573. The highest BCUT2D eigenvalue weighted by Gasteiger charge is 2.10. The van der Waals surface area contributed by atoms with Crippen molar-refractivity contribution in [1.29, 1.82) is 0 Å². The highest BCUT2D eigenvalue weighted by atomic mass is 14.2. The van der Waals surface area contributed by atoms with Gasteiger partial charge in [-0.05, 0) is 56.1 Å². The molecule has 1 aromatic rings. The van der Waals surface area contributed by atoms with E-state index in [1.807, 2.05) is 0 Å². The Kier molecular flexibility index (Phi) is 7.36. The standard InChI is InChI=1S/C20H30/c1-16(2)10-9-11-17(3)14-15-18(4)19(5)20-12-7-6-8-13-20/h6-8,10,12-13,17-18H,5,9,11,14-15H2,1-4H3/t17-,18?/m0/s1. The molecule has 2 atom stereocenters. The van der Waals surface area contributed by atoms with E-state index in [0.29, 0.717) is 5.92 Å².